The summed E-state index contributed by atoms with van der Waals surface area (Å²) in [4.78, 5) is 28.2. The molecule has 1 amide bonds. The molecule has 1 aliphatic heterocycles. The van der Waals surface area contributed by atoms with Crippen molar-refractivity contribution in [1.29, 1.82) is 0 Å². The van der Waals surface area contributed by atoms with Crippen LogP contribution >= 0.6 is 0 Å². The smallest absolute Gasteiger partial charge is 0.349 e. The van der Waals surface area contributed by atoms with Gasteiger partial charge in [0, 0.05) is 30.3 Å². The number of aromatic nitrogens is 1. The number of benzene rings is 1. The number of aromatic amines is 1. The van der Waals surface area contributed by atoms with Crippen molar-refractivity contribution in [2.75, 3.05) is 20.3 Å². The molecule has 4 rings (SSSR count). The fourth-order valence-electron chi connectivity index (χ4n) is 3.76. The largest absolute Gasteiger partial charge is 0.497 e. The topological polar surface area (TPSA) is 93.6 Å². The van der Waals surface area contributed by atoms with Crippen LogP contribution in [0.2, 0.25) is 0 Å². The van der Waals surface area contributed by atoms with Crippen LogP contribution in [0.3, 0.4) is 0 Å². The number of aryl methyl sites for hydroxylation is 1. The molecule has 1 aromatic carbocycles. The quantitative estimate of drug-likeness (QED) is 0.667. The molecule has 0 bridgehead atoms. The van der Waals surface area contributed by atoms with Gasteiger partial charge in [-0.2, -0.15) is 0 Å². The van der Waals surface area contributed by atoms with Crippen molar-refractivity contribution in [2.45, 2.75) is 32.3 Å². The Bertz CT molecular complexity index is 1090. The molecule has 1 aliphatic rings. The Morgan fingerprint density at radius 1 is 1.34 bits per heavy atom. The van der Waals surface area contributed by atoms with Gasteiger partial charge in [-0.25, -0.2) is 4.79 Å². The van der Waals surface area contributed by atoms with E-state index >= 15 is 0 Å². The first-order valence-electron chi connectivity index (χ1n) is 9.75. The van der Waals surface area contributed by atoms with Crippen LogP contribution in [0.5, 0.6) is 5.75 Å². The first-order valence-corrected chi connectivity index (χ1v) is 9.75. The summed E-state index contributed by atoms with van der Waals surface area (Å²) in [6.07, 6.45) is 4.11. The molecule has 1 fully saturated rings. The minimum atomic E-state index is -0.621. The van der Waals surface area contributed by atoms with Crippen LogP contribution in [0.25, 0.3) is 10.9 Å². The van der Waals surface area contributed by atoms with Gasteiger partial charge in [0.05, 0.1) is 7.11 Å². The Balaban J connectivity index is 1.44. The van der Waals surface area contributed by atoms with Crippen molar-refractivity contribution in [1.82, 2.24) is 10.3 Å². The molecule has 3 heterocycles. The minimum absolute atomic E-state index is 0.0485. The van der Waals surface area contributed by atoms with E-state index in [1.54, 1.807) is 20.1 Å². The van der Waals surface area contributed by atoms with Crippen LogP contribution in [-0.2, 0) is 11.2 Å². The third-order valence-electron chi connectivity index (χ3n) is 5.30. The number of rotatable bonds is 6. The highest BCUT2D eigenvalue weighted by Crippen LogP contribution is 2.28. The maximum absolute atomic E-state index is 12.6. The SMILES string of the molecule is COc1ccc2[nH]cc(CCNC(=O)c3c(C)cc(C4CCCO4)oc3=O)c2c1. The first kappa shape index (κ1) is 19.3. The lowest BCUT2D eigenvalue weighted by Gasteiger charge is -2.11. The summed E-state index contributed by atoms with van der Waals surface area (Å²) in [6.45, 7) is 2.81. The molecule has 7 nitrogen and oxygen atoms in total. The van der Waals surface area contributed by atoms with Crippen LogP contribution in [0, 0.1) is 6.92 Å². The molecule has 0 saturated carbocycles. The molecule has 0 radical (unpaired) electrons. The summed E-state index contributed by atoms with van der Waals surface area (Å²) in [5, 5.41) is 3.88. The molecule has 2 N–H and O–H groups in total. The van der Waals surface area contributed by atoms with Crippen LogP contribution in [0.1, 0.15) is 46.2 Å². The Labute approximate surface area is 168 Å². The number of hydrogen-bond donors (Lipinski definition) is 2. The molecule has 1 unspecified atom stereocenters. The van der Waals surface area contributed by atoms with Gasteiger partial charge < -0.3 is 24.2 Å². The van der Waals surface area contributed by atoms with Gasteiger partial charge >= 0.3 is 5.63 Å². The number of carbonyl (C=O) groups is 1. The van der Waals surface area contributed by atoms with Crippen molar-refractivity contribution in [2.24, 2.45) is 0 Å². The van der Waals surface area contributed by atoms with Gasteiger partial charge in [0.15, 0.2) is 0 Å². The third-order valence-corrected chi connectivity index (χ3v) is 5.30. The maximum Gasteiger partial charge on any atom is 0.349 e. The zero-order valence-corrected chi connectivity index (χ0v) is 16.5. The van der Waals surface area contributed by atoms with Crippen molar-refractivity contribution < 1.29 is 18.7 Å². The van der Waals surface area contributed by atoms with E-state index in [2.05, 4.69) is 10.3 Å². The normalized spacial score (nSPS) is 16.3. The van der Waals surface area contributed by atoms with E-state index in [0.29, 0.717) is 30.9 Å². The molecule has 152 valence electrons. The van der Waals surface area contributed by atoms with Gasteiger partial charge in [0.25, 0.3) is 5.91 Å². The van der Waals surface area contributed by atoms with E-state index in [1.165, 1.54) is 0 Å². The summed E-state index contributed by atoms with van der Waals surface area (Å²) < 4.78 is 16.2. The van der Waals surface area contributed by atoms with E-state index in [1.807, 2.05) is 24.4 Å². The van der Waals surface area contributed by atoms with E-state index in [0.717, 1.165) is 35.1 Å². The molecule has 2 aromatic heterocycles. The Morgan fingerprint density at radius 3 is 2.93 bits per heavy atom. The van der Waals surface area contributed by atoms with Crippen LogP contribution in [0.4, 0.5) is 0 Å². The van der Waals surface area contributed by atoms with Crippen molar-refractivity contribution >= 4 is 16.8 Å². The highest BCUT2D eigenvalue weighted by atomic mass is 16.5. The first-order chi connectivity index (χ1) is 14.1. The number of H-pyrrole nitrogens is 1. The monoisotopic (exact) mass is 396 g/mol. The van der Waals surface area contributed by atoms with Gasteiger partial charge in [-0.15, -0.1) is 0 Å². The third kappa shape index (κ3) is 3.91. The summed E-state index contributed by atoms with van der Waals surface area (Å²) in [5.41, 5.74) is 2.10. The van der Waals surface area contributed by atoms with Crippen molar-refractivity contribution in [3.05, 3.63) is 63.3 Å². The van der Waals surface area contributed by atoms with Crippen molar-refractivity contribution in [3.63, 3.8) is 0 Å². The van der Waals surface area contributed by atoms with E-state index in [4.69, 9.17) is 13.9 Å². The average molecular weight is 396 g/mol. The molecule has 0 spiro atoms. The standard InChI is InChI=1S/C22H24N2O5/c1-13-10-19(18-4-3-9-28-18)29-22(26)20(13)21(25)23-8-7-14-12-24-17-6-5-15(27-2)11-16(14)17/h5-6,10-12,18,24H,3-4,7-9H2,1-2H3,(H,23,25). The molecule has 0 aliphatic carbocycles. The summed E-state index contributed by atoms with van der Waals surface area (Å²) >= 11 is 0. The Hall–Kier alpha value is -3.06. The zero-order valence-electron chi connectivity index (χ0n) is 16.5. The number of methoxy groups -OCH3 is 1. The van der Waals surface area contributed by atoms with Gasteiger partial charge in [-0.05, 0) is 61.6 Å². The predicted molar refractivity (Wildman–Crippen MR) is 109 cm³/mol. The zero-order chi connectivity index (χ0) is 20.4. The lowest BCUT2D eigenvalue weighted by Crippen LogP contribution is -2.31. The van der Waals surface area contributed by atoms with E-state index in [-0.39, 0.29) is 11.7 Å². The van der Waals surface area contributed by atoms with Crippen LogP contribution in [-0.4, -0.2) is 31.2 Å². The lowest BCUT2D eigenvalue weighted by molar-refractivity contribution is 0.0883. The van der Waals surface area contributed by atoms with E-state index < -0.39 is 11.5 Å². The van der Waals surface area contributed by atoms with Crippen LogP contribution in [0.15, 0.2) is 39.7 Å². The maximum atomic E-state index is 12.6. The summed E-state index contributed by atoms with van der Waals surface area (Å²) in [5.74, 6) is 0.851. The molecule has 3 aromatic rings. The highest BCUT2D eigenvalue weighted by molar-refractivity contribution is 5.95. The van der Waals surface area contributed by atoms with Gasteiger partial charge in [0.1, 0.15) is 23.2 Å². The number of hydrogen-bond acceptors (Lipinski definition) is 5. The second kappa shape index (κ2) is 8.13. The Morgan fingerprint density at radius 2 is 2.21 bits per heavy atom. The van der Waals surface area contributed by atoms with Gasteiger partial charge in [0.2, 0.25) is 0 Å². The van der Waals surface area contributed by atoms with E-state index in [9.17, 15) is 9.59 Å². The summed E-state index contributed by atoms with van der Waals surface area (Å²) in [7, 11) is 1.63. The molecule has 7 heteroatoms. The Kier molecular flexibility index (Phi) is 5.40. The fraction of sp³-hybridized carbons (Fsp3) is 0.364. The predicted octanol–water partition coefficient (Wildman–Crippen LogP) is 3.26. The number of ether oxygens (including phenoxy) is 2. The summed E-state index contributed by atoms with van der Waals surface area (Å²) in [6, 6.07) is 7.55. The number of amides is 1. The average Bonchev–Trinajstić information content (AvgIpc) is 3.37. The fourth-order valence-corrected chi connectivity index (χ4v) is 3.76. The lowest BCUT2D eigenvalue weighted by atomic mass is 10.1. The number of nitrogens with one attached hydrogen (secondary N) is 2. The molecular formula is C22H24N2O5. The van der Waals surface area contributed by atoms with Crippen molar-refractivity contribution in [3.8, 4) is 5.75 Å². The second-order valence-corrected chi connectivity index (χ2v) is 7.23. The minimum Gasteiger partial charge on any atom is -0.497 e. The number of fused-ring (bicyclic) bond motifs is 1. The highest BCUT2D eigenvalue weighted by Gasteiger charge is 2.24. The molecular weight excluding hydrogens is 372 g/mol. The van der Waals surface area contributed by atoms with Gasteiger partial charge in [-0.3, -0.25) is 4.79 Å². The van der Waals surface area contributed by atoms with Gasteiger partial charge in [-0.1, -0.05) is 0 Å². The number of carbonyl (C=O) groups excluding carboxylic acids is 1. The molecule has 29 heavy (non-hydrogen) atoms. The molecule has 1 atom stereocenters. The second-order valence-electron chi connectivity index (χ2n) is 7.23. The molecule has 1 saturated heterocycles. The van der Waals surface area contributed by atoms with Crippen LogP contribution < -0.4 is 15.7 Å².